The minimum atomic E-state index is -0.968. The molecule has 0 saturated carbocycles. The fourth-order valence-electron chi connectivity index (χ4n) is 2.75. The van der Waals surface area contributed by atoms with Gasteiger partial charge in [-0.05, 0) is 12.1 Å². The zero-order valence-electron chi connectivity index (χ0n) is 13.3. The Morgan fingerprint density at radius 1 is 1.38 bits per heavy atom. The third kappa shape index (κ3) is 3.96. The Balaban J connectivity index is 0.00000208. The summed E-state index contributed by atoms with van der Waals surface area (Å²) in [4.78, 5) is 17.7. The Kier molecular flexibility index (Phi) is 6.38. The molecule has 1 N–H and O–H groups in total. The Bertz CT molecular complexity index is 723. The molecule has 1 aromatic heterocycles. The van der Waals surface area contributed by atoms with Gasteiger partial charge in [-0.1, -0.05) is 18.2 Å². The number of fused-ring (bicyclic) bond motifs is 1. The lowest BCUT2D eigenvalue weighted by atomic mass is 10.1. The highest BCUT2D eigenvalue weighted by Gasteiger charge is 2.21. The molecule has 0 spiro atoms. The van der Waals surface area contributed by atoms with Crippen molar-refractivity contribution in [1.29, 1.82) is 0 Å². The van der Waals surface area contributed by atoms with E-state index < -0.39 is 5.97 Å². The van der Waals surface area contributed by atoms with E-state index >= 15 is 0 Å². The van der Waals surface area contributed by atoms with Gasteiger partial charge in [-0.25, -0.2) is 9.78 Å². The lowest BCUT2D eigenvalue weighted by Crippen LogP contribution is -2.25. The van der Waals surface area contributed by atoms with E-state index in [2.05, 4.69) is 9.88 Å². The van der Waals surface area contributed by atoms with Crippen LogP contribution in [0.5, 0.6) is 11.6 Å². The van der Waals surface area contributed by atoms with Crippen molar-refractivity contribution in [3.63, 3.8) is 0 Å². The summed E-state index contributed by atoms with van der Waals surface area (Å²) in [6, 6.07) is 9.08. The van der Waals surface area contributed by atoms with E-state index in [9.17, 15) is 9.90 Å². The molecule has 1 aromatic carbocycles. The monoisotopic (exact) mass is 442 g/mol. The number of para-hydroxylation sites is 1. The number of rotatable bonds is 4. The van der Waals surface area contributed by atoms with E-state index in [4.69, 9.17) is 9.47 Å². The van der Waals surface area contributed by atoms with Crippen LogP contribution in [0.3, 0.4) is 0 Å². The molecule has 128 valence electrons. The molecule has 0 saturated heterocycles. The summed E-state index contributed by atoms with van der Waals surface area (Å²) >= 11 is 0. The number of pyridine rings is 1. The highest BCUT2D eigenvalue weighted by Crippen LogP contribution is 2.28. The van der Waals surface area contributed by atoms with Crippen LogP contribution in [0.2, 0.25) is 0 Å². The predicted molar refractivity (Wildman–Crippen MR) is 99.2 cm³/mol. The van der Waals surface area contributed by atoms with Gasteiger partial charge in [0.1, 0.15) is 17.9 Å². The number of methoxy groups -OCH3 is 1. The van der Waals surface area contributed by atoms with E-state index in [0.29, 0.717) is 37.9 Å². The third-order valence-corrected chi connectivity index (χ3v) is 3.81. The fourth-order valence-corrected chi connectivity index (χ4v) is 2.75. The average Bonchev–Trinajstić information content (AvgIpc) is 2.76. The molecule has 6 nitrogen and oxygen atoms in total. The topological polar surface area (TPSA) is 71.9 Å². The molecule has 2 heterocycles. The van der Waals surface area contributed by atoms with Crippen molar-refractivity contribution in [2.75, 3.05) is 20.3 Å². The molecule has 2 aromatic rings. The summed E-state index contributed by atoms with van der Waals surface area (Å²) in [6.45, 7) is 2.43. The van der Waals surface area contributed by atoms with Gasteiger partial charge in [0, 0.05) is 37.0 Å². The molecule has 0 radical (unpaired) electrons. The number of carboxylic acid groups (broad SMARTS) is 1. The van der Waals surface area contributed by atoms with E-state index in [1.807, 2.05) is 18.2 Å². The maximum absolute atomic E-state index is 11.3. The van der Waals surface area contributed by atoms with Crippen LogP contribution in [0.1, 0.15) is 21.5 Å². The minimum absolute atomic E-state index is 0. The number of hydrogen-bond donors (Lipinski definition) is 1. The zero-order valence-corrected chi connectivity index (χ0v) is 15.6. The van der Waals surface area contributed by atoms with Crippen LogP contribution in [0, 0.1) is 0 Å². The SMILES string of the molecule is COc1ncccc1CN1CCOc2c(cccc2C(=O)O)C1.I. The number of nitrogens with zero attached hydrogens (tertiary/aromatic N) is 2. The number of benzene rings is 1. The molecule has 3 rings (SSSR count). The summed E-state index contributed by atoms with van der Waals surface area (Å²) in [5, 5.41) is 9.28. The molecule has 1 aliphatic rings. The Hall–Kier alpha value is -1.87. The maximum atomic E-state index is 11.3. The Morgan fingerprint density at radius 2 is 2.21 bits per heavy atom. The maximum Gasteiger partial charge on any atom is 0.339 e. The van der Waals surface area contributed by atoms with Crippen LogP contribution in [0.25, 0.3) is 0 Å². The number of ether oxygens (including phenoxy) is 2. The van der Waals surface area contributed by atoms with Gasteiger partial charge in [0.05, 0.1) is 7.11 Å². The molecule has 0 fully saturated rings. The van der Waals surface area contributed by atoms with Gasteiger partial charge in [-0.15, -0.1) is 24.0 Å². The lowest BCUT2D eigenvalue weighted by Gasteiger charge is -2.20. The average molecular weight is 442 g/mol. The van der Waals surface area contributed by atoms with Crippen LogP contribution in [-0.4, -0.2) is 41.2 Å². The quantitative estimate of drug-likeness (QED) is 0.735. The summed E-state index contributed by atoms with van der Waals surface area (Å²) < 4.78 is 11.0. The predicted octanol–water partition coefficient (Wildman–Crippen LogP) is 2.80. The van der Waals surface area contributed by atoms with E-state index in [0.717, 1.165) is 11.1 Å². The van der Waals surface area contributed by atoms with Gasteiger partial charge in [-0.3, -0.25) is 4.90 Å². The largest absolute Gasteiger partial charge is 0.491 e. The first-order valence-corrected chi connectivity index (χ1v) is 7.37. The lowest BCUT2D eigenvalue weighted by molar-refractivity contribution is 0.0692. The number of aromatic carboxylic acids is 1. The van der Waals surface area contributed by atoms with Gasteiger partial charge in [-0.2, -0.15) is 0 Å². The van der Waals surface area contributed by atoms with Crippen molar-refractivity contribution in [3.05, 3.63) is 53.2 Å². The van der Waals surface area contributed by atoms with Gasteiger partial charge in [0.15, 0.2) is 0 Å². The van der Waals surface area contributed by atoms with Gasteiger partial charge < -0.3 is 14.6 Å². The van der Waals surface area contributed by atoms with Crippen LogP contribution in [0.15, 0.2) is 36.5 Å². The molecule has 0 atom stereocenters. The van der Waals surface area contributed by atoms with E-state index in [-0.39, 0.29) is 29.5 Å². The number of halogens is 1. The summed E-state index contributed by atoms with van der Waals surface area (Å²) in [5.41, 5.74) is 2.08. The summed E-state index contributed by atoms with van der Waals surface area (Å²) in [5.74, 6) is 0.113. The molecule has 1 aliphatic heterocycles. The second kappa shape index (κ2) is 8.29. The number of hydrogen-bond acceptors (Lipinski definition) is 5. The van der Waals surface area contributed by atoms with Gasteiger partial charge >= 0.3 is 5.97 Å². The van der Waals surface area contributed by atoms with E-state index in [1.165, 1.54) is 0 Å². The van der Waals surface area contributed by atoms with Crippen LogP contribution < -0.4 is 9.47 Å². The Morgan fingerprint density at radius 3 is 2.96 bits per heavy atom. The molecular weight excluding hydrogens is 423 g/mol. The number of carboxylic acids is 1. The molecule has 0 bridgehead atoms. The van der Waals surface area contributed by atoms with E-state index in [1.54, 1.807) is 25.4 Å². The van der Waals surface area contributed by atoms with Crippen molar-refractivity contribution >= 4 is 29.9 Å². The smallest absolute Gasteiger partial charge is 0.339 e. The number of carbonyl (C=O) groups is 1. The Labute approximate surface area is 157 Å². The molecule has 24 heavy (non-hydrogen) atoms. The van der Waals surface area contributed by atoms with Crippen molar-refractivity contribution < 1.29 is 19.4 Å². The normalized spacial score (nSPS) is 13.9. The van der Waals surface area contributed by atoms with Gasteiger partial charge in [0.25, 0.3) is 0 Å². The second-order valence-corrected chi connectivity index (χ2v) is 5.33. The summed E-state index contributed by atoms with van der Waals surface area (Å²) in [6.07, 6.45) is 1.70. The fraction of sp³-hybridized carbons (Fsp3) is 0.294. The number of aromatic nitrogens is 1. The minimum Gasteiger partial charge on any atom is -0.491 e. The standard InChI is InChI=1S/C17H18N2O4.HI/c1-22-16-13(5-3-7-18-16)11-19-8-9-23-15-12(10-19)4-2-6-14(15)17(20)21;/h2-7H,8-11H2,1H3,(H,20,21);1H. The second-order valence-electron chi connectivity index (χ2n) is 5.33. The molecule has 7 heteroatoms. The molecule has 0 aliphatic carbocycles. The molecular formula is C17H19IN2O4. The van der Waals surface area contributed by atoms with Crippen molar-refractivity contribution in [2.45, 2.75) is 13.1 Å². The molecule has 0 unspecified atom stereocenters. The van der Waals surface area contributed by atoms with Crippen LogP contribution in [-0.2, 0) is 13.1 Å². The highest BCUT2D eigenvalue weighted by atomic mass is 127. The first-order chi connectivity index (χ1) is 11.2. The van der Waals surface area contributed by atoms with Gasteiger partial charge in [0.2, 0.25) is 5.88 Å². The van der Waals surface area contributed by atoms with Crippen molar-refractivity contribution in [2.24, 2.45) is 0 Å². The van der Waals surface area contributed by atoms with Crippen molar-refractivity contribution in [3.8, 4) is 11.6 Å². The van der Waals surface area contributed by atoms with Crippen LogP contribution >= 0.6 is 24.0 Å². The first kappa shape index (κ1) is 18.5. The highest BCUT2D eigenvalue weighted by molar-refractivity contribution is 14.0. The third-order valence-electron chi connectivity index (χ3n) is 3.81. The molecule has 0 amide bonds. The van der Waals surface area contributed by atoms with Crippen molar-refractivity contribution in [1.82, 2.24) is 9.88 Å². The summed E-state index contributed by atoms with van der Waals surface area (Å²) in [7, 11) is 1.60. The zero-order chi connectivity index (χ0) is 16.2. The van der Waals surface area contributed by atoms with Crippen LogP contribution in [0.4, 0.5) is 0 Å². The first-order valence-electron chi connectivity index (χ1n) is 7.37.